The number of hydrogen-bond donors (Lipinski definition) is 2. The van der Waals surface area contributed by atoms with Crippen molar-refractivity contribution in [2.24, 2.45) is 0 Å². The van der Waals surface area contributed by atoms with Gasteiger partial charge in [-0.25, -0.2) is 0 Å². The smallest absolute Gasteiger partial charge is 0.236 e. The first-order chi connectivity index (χ1) is 12.2. The summed E-state index contributed by atoms with van der Waals surface area (Å²) in [5.41, 5.74) is 1.51. The van der Waals surface area contributed by atoms with Crippen molar-refractivity contribution in [3.8, 4) is 0 Å². The number of nitrogens with one attached hydrogen (secondary N) is 2. The molecule has 0 bridgehead atoms. The Kier molecular flexibility index (Phi) is 6.24. The van der Waals surface area contributed by atoms with Gasteiger partial charge in [0.15, 0.2) is 0 Å². The highest BCUT2D eigenvalue weighted by Crippen LogP contribution is 2.19. The third kappa shape index (κ3) is 4.69. The van der Waals surface area contributed by atoms with Gasteiger partial charge in [0.1, 0.15) is 11.6 Å². The normalized spacial score (nSPS) is 21.4. The number of amides is 1. The van der Waals surface area contributed by atoms with E-state index >= 15 is 0 Å². The Hall–Kier alpha value is -1.69. The summed E-state index contributed by atoms with van der Waals surface area (Å²) < 4.78 is 2.21. The topological polar surface area (TPSA) is 71.8 Å². The van der Waals surface area contributed by atoms with E-state index in [-0.39, 0.29) is 11.9 Å². The second kappa shape index (κ2) is 8.61. The van der Waals surface area contributed by atoms with Gasteiger partial charge in [0, 0.05) is 32.0 Å². The molecule has 1 aliphatic heterocycles. The molecule has 2 heterocycles. The summed E-state index contributed by atoms with van der Waals surface area (Å²) in [5.74, 6) is 2.22. The minimum absolute atomic E-state index is 0.0988. The molecule has 0 unspecified atom stereocenters. The average molecular weight is 345 g/mol. The summed E-state index contributed by atoms with van der Waals surface area (Å²) in [6, 6.07) is 0.129. The average Bonchev–Trinajstić information content (AvgIpc) is 3.04. The van der Waals surface area contributed by atoms with E-state index in [1.165, 1.54) is 31.3 Å². The van der Waals surface area contributed by atoms with E-state index in [2.05, 4.69) is 38.4 Å². The minimum Gasteiger partial charge on any atom is -0.354 e. The number of aryl methyl sites for hydroxylation is 2. The molecule has 0 saturated heterocycles. The van der Waals surface area contributed by atoms with Crippen molar-refractivity contribution in [1.82, 2.24) is 25.4 Å². The molecule has 6 nitrogen and oxygen atoms in total. The molecule has 3 rings (SSSR count). The molecular formula is C19H31N5O. The summed E-state index contributed by atoms with van der Waals surface area (Å²) in [7, 11) is 0. The van der Waals surface area contributed by atoms with Gasteiger partial charge < -0.3 is 15.2 Å². The molecule has 2 N–H and O–H groups in total. The van der Waals surface area contributed by atoms with E-state index in [1.54, 1.807) is 0 Å². The van der Waals surface area contributed by atoms with Crippen LogP contribution in [0.15, 0.2) is 11.6 Å². The van der Waals surface area contributed by atoms with Crippen LogP contribution in [0.5, 0.6) is 0 Å². The van der Waals surface area contributed by atoms with Gasteiger partial charge in [-0.15, -0.1) is 10.2 Å². The standard InChI is InChI=1S/C19H31N5O/c1-3-17-22-23-18-10-9-16(13-24(17)18)21-14(2)19(25)20-12-11-15-7-5-4-6-8-15/h7,14,16,21H,3-6,8-13H2,1-2H3,(H,20,25)/t14-,16+/m1/s1. The Morgan fingerprint density at radius 2 is 2.24 bits per heavy atom. The van der Waals surface area contributed by atoms with Gasteiger partial charge in [-0.05, 0) is 45.4 Å². The molecule has 2 aliphatic rings. The minimum atomic E-state index is -0.173. The second-order valence-corrected chi connectivity index (χ2v) is 7.27. The highest BCUT2D eigenvalue weighted by molar-refractivity contribution is 5.81. The molecule has 1 aromatic rings. The SMILES string of the molecule is CCc1nnc2n1C[C@@H](N[C@H](C)C(=O)NCCC1=CCCCC1)CC2. The molecule has 0 radical (unpaired) electrons. The Labute approximate surface area is 150 Å². The summed E-state index contributed by atoms with van der Waals surface area (Å²) in [6.07, 6.45) is 11.2. The lowest BCUT2D eigenvalue weighted by Crippen LogP contribution is -2.49. The predicted octanol–water partition coefficient (Wildman–Crippen LogP) is 2.14. The van der Waals surface area contributed by atoms with Gasteiger partial charge in [-0.3, -0.25) is 4.79 Å². The molecule has 2 atom stereocenters. The number of nitrogens with zero attached hydrogens (tertiary/aromatic N) is 3. The van der Waals surface area contributed by atoms with Crippen LogP contribution >= 0.6 is 0 Å². The van der Waals surface area contributed by atoms with Crippen molar-refractivity contribution < 1.29 is 4.79 Å². The van der Waals surface area contributed by atoms with Crippen LogP contribution in [0.2, 0.25) is 0 Å². The van der Waals surface area contributed by atoms with Gasteiger partial charge in [-0.2, -0.15) is 0 Å². The Bertz CT molecular complexity index is 608. The fourth-order valence-corrected chi connectivity index (χ4v) is 3.84. The van der Waals surface area contributed by atoms with E-state index in [4.69, 9.17) is 0 Å². The Balaban J connectivity index is 1.43. The zero-order valence-corrected chi connectivity index (χ0v) is 15.6. The van der Waals surface area contributed by atoms with Crippen LogP contribution < -0.4 is 10.6 Å². The van der Waals surface area contributed by atoms with E-state index in [0.29, 0.717) is 6.04 Å². The van der Waals surface area contributed by atoms with E-state index < -0.39 is 0 Å². The molecule has 0 fully saturated rings. The van der Waals surface area contributed by atoms with Crippen LogP contribution in [0.3, 0.4) is 0 Å². The van der Waals surface area contributed by atoms with E-state index in [0.717, 1.165) is 50.4 Å². The van der Waals surface area contributed by atoms with Crippen molar-refractivity contribution in [1.29, 1.82) is 0 Å². The number of allylic oxidation sites excluding steroid dienone is 1. The van der Waals surface area contributed by atoms with Crippen molar-refractivity contribution in [2.75, 3.05) is 6.54 Å². The lowest BCUT2D eigenvalue weighted by atomic mass is 9.97. The van der Waals surface area contributed by atoms with Crippen molar-refractivity contribution in [3.63, 3.8) is 0 Å². The van der Waals surface area contributed by atoms with Crippen molar-refractivity contribution in [3.05, 3.63) is 23.3 Å². The van der Waals surface area contributed by atoms with Gasteiger partial charge in [0.05, 0.1) is 6.04 Å². The van der Waals surface area contributed by atoms with Crippen molar-refractivity contribution >= 4 is 5.91 Å². The third-order valence-corrected chi connectivity index (χ3v) is 5.35. The number of hydrogen-bond acceptors (Lipinski definition) is 4. The largest absolute Gasteiger partial charge is 0.354 e. The Morgan fingerprint density at radius 1 is 1.36 bits per heavy atom. The number of aromatic nitrogens is 3. The molecule has 138 valence electrons. The molecule has 1 amide bonds. The number of fused-ring (bicyclic) bond motifs is 1. The monoisotopic (exact) mass is 345 g/mol. The molecule has 0 spiro atoms. The van der Waals surface area contributed by atoms with Crippen LogP contribution in [0.4, 0.5) is 0 Å². The fourth-order valence-electron chi connectivity index (χ4n) is 3.84. The highest BCUT2D eigenvalue weighted by atomic mass is 16.2. The van der Waals surface area contributed by atoms with Gasteiger partial charge in [0.25, 0.3) is 0 Å². The lowest BCUT2D eigenvalue weighted by molar-refractivity contribution is -0.122. The van der Waals surface area contributed by atoms with Crippen LogP contribution in [-0.4, -0.2) is 39.3 Å². The Morgan fingerprint density at radius 3 is 3.00 bits per heavy atom. The quantitative estimate of drug-likeness (QED) is 0.743. The van der Waals surface area contributed by atoms with Gasteiger partial charge in [-0.1, -0.05) is 18.6 Å². The van der Waals surface area contributed by atoms with Crippen LogP contribution in [0, 0.1) is 0 Å². The molecule has 6 heteroatoms. The summed E-state index contributed by atoms with van der Waals surface area (Å²) in [4.78, 5) is 12.4. The first-order valence-corrected chi connectivity index (χ1v) is 9.80. The third-order valence-electron chi connectivity index (χ3n) is 5.35. The van der Waals surface area contributed by atoms with Crippen LogP contribution in [0.25, 0.3) is 0 Å². The van der Waals surface area contributed by atoms with Crippen LogP contribution in [0.1, 0.15) is 64.0 Å². The first-order valence-electron chi connectivity index (χ1n) is 9.80. The highest BCUT2D eigenvalue weighted by Gasteiger charge is 2.25. The molecule has 0 aromatic carbocycles. The predicted molar refractivity (Wildman–Crippen MR) is 98.3 cm³/mol. The van der Waals surface area contributed by atoms with Gasteiger partial charge in [0.2, 0.25) is 5.91 Å². The summed E-state index contributed by atoms with van der Waals surface area (Å²) >= 11 is 0. The zero-order valence-electron chi connectivity index (χ0n) is 15.6. The van der Waals surface area contributed by atoms with Gasteiger partial charge >= 0.3 is 0 Å². The zero-order chi connectivity index (χ0) is 17.6. The van der Waals surface area contributed by atoms with E-state index in [9.17, 15) is 4.79 Å². The fraction of sp³-hybridized carbons (Fsp3) is 0.737. The molecule has 0 saturated carbocycles. The number of rotatable bonds is 7. The molecule has 25 heavy (non-hydrogen) atoms. The van der Waals surface area contributed by atoms with Crippen LogP contribution in [-0.2, 0) is 24.2 Å². The maximum atomic E-state index is 12.4. The summed E-state index contributed by atoms with van der Waals surface area (Å²) in [5, 5.41) is 15.1. The number of carbonyl (C=O) groups is 1. The van der Waals surface area contributed by atoms with Crippen molar-refractivity contribution in [2.45, 2.75) is 83.8 Å². The molecule has 1 aromatic heterocycles. The summed E-state index contributed by atoms with van der Waals surface area (Å²) in [6.45, 7) is 5.66. The maximum absolute atomic E-state index is 12.4. The molecular weight excluding hydrogens is 314 g/mol. The molecule has 1 aliphatic carbocycles. The number of carbonyl (C=O) groups excluding carboxylic acids is 1. The second-order valence-electron chi connectivity index (χ2n) is 7.27. The maximum Gasteiger partial charge on any atom is 0.236 e. The first kappa shape index (κ1) is 18.1. The van der Waals surface area contributed by atoms with E-state index in [1.807, 2.05) is 6.92 Å². The lowest BCUT2D eigenvalue weighted by Gasteiger charge is -2.28.